The van der Waals surface area contributed by atoms with Gasteiger partial charge in [-0.3, -0.25) is 4.79 Å². The van der Waals surface area contributed by atoms with E-state index in [2.05, 4.69) is 10.1 Å². The molecule has 1 aliphatic heterocycles. The van der Waals surface area contributed by atoms with Crippen molar-refractivity contribution in [3.8, 4) is 16.9 Å². The molecular weight excluding hydrogens is 340 g/mol. The molecule has 0 spiro atoms. The zero-order valence-electron chi connectivity index (χ0n) is 14.0. The minimum Gasteiger partial charge on any atom is -0.497 e. The summed E-state index contributed by atoms with van der Waals surface area (Å²) in [6.45, 7) is 1.65. The van der Waals surface area contributed by atoms with Crippen LogP contribution in [0.2, 0.25) is 0 Å². The molecule has 0 radical (unpaired) electrons. The SMILES string of the molecule is COc1ccc(C2=Nc3c(-c4ccc(F)cc4F)c(C)nn3C2=O)cc1. The Morgan fingerprint density at radius 1 is 1.08 bits per heavy atom. The van der Waals surface area contributed by atoms with Gasteiger partial charge >= 0.3 is 0 Å². The molecule has 4 rings (SSSR count). The molecule has 0 N–H and O–H groups in total. The maximum absolute atomic E-state index is 14.2. The molecule has 0 amide bonds. The van der Waals surface area contributed by atoms with Crippen LogP contribution in [0, 0.1) is 18.6 Å². The van der Waals surface area contributed by atoms with Crippen molar-refractivity contribution in [2.24, 2.45) is 4.99 Å². The quantitative estimate of drug-likeness (QED) is 0.717. The highest BCUT2D eigenvalue weighted by Gasteiger charge is 2.31. The summed E-state index contributed by atoms with van der Waals surface area (Å²) in [5, 5.41) is 4.19. The third-order valence-electron chi connectivity index (χ3n) is 4.21. The van der Waals surface area contributed by atoms with Crippen molar-refractivity contribution in [2.45, 2.75) is 6.92 Å². The van der Waals surface area contributed by atoms with Gasteiger partial charge in [-0.15, -0.1) is 0 Å². The maximum atomic E-state index is 14.2. The summed E-state index contributed by atoms with van der Waals surface area (Å²) in [7, 11) is 1.55. The van der Waals surface area contributed by atoms with Gasteiger partial charge in [0.1, 0.15) is 23.1 Å². The fourth-order valence-electron chi connectivity index (χ4n) is 2.96. The molecule has 2 aromatic carbocycles. The Morgan fingerprint density at radius 2 is 1.81 bits per heavy atom. The van der Waals surface area contributed by atoms with Gasteiger partial charge < -0.3 is 4.74 Å². The fraction of sp³-hybridized carbons (Fsp3) is 0.105. The van der Waals surface area contributed by atoms with Crippen LogP contribution in [0.4, 0.5) is 14.6 Å². The number of benzene rings is 2. The van der Waals surface area contributed by atoms with E-state index in [1.54, 1.807) is 38.3 Å². The van der Waals surface area contributed by atoms with Crippen LogP contribution < -0.4 is 4.74 Å². The van der Waals surface area contributed by atoms with E-state index < -0.39 is 17.5 Å². The lowest BCUT2D eigenvalue weighted by molar-refractivity contribution is 0.0984. The molecular formula is C19H13F2N3O2. The van der Waals surface area contributed by atoms with Crippen LogP contribution in [0.5, 0.6) is 5.75 Å². The van der Waals surface area contributed by atoms with Gasteiger partial charge in [0.25, 0.3) is 5.91 Å². The van der Waals surface area contributed by atoms with E-state index in [0.717, 1.165) is 16.8 Å². The molecule has 130 valence electrons. The van der Waals surface area contributed by atoms with Gasteiger partial charge in [0.05, 0.1) is 18.4 Å². The molecule has 0 bridgehead atoms. The number of carbonyl (C=O) groups is 1. The Morgan fingerprint density at radius 3 is 2.46 bits per heavy atom. The number of methoxy groups -OCH3 is 1. The van der Waals surface area contributed by atoms with E-state index in [9.17, 15) is 13.6 Å². The van der Waals surface area contributed by atoms with E-state index in [0.29, 0.717) is 22.6 Å². The lowest BCUT2D eigenvalue weighted by Gasteiger charge is -2.03. The van der Waals surface area contributed by atoms with E-state index in [1.807, 2.05) is 0 Å². The fourth-order valence-corrected chi connectivity index (χ4v) is 2.96. The number of rotatable bonds is 3. The summed E-state index contributed by atoms with van der Waals surface area (Å²) in [5.41, 5.74) is 1.77. The Hall–Kier alpha value is -3.35. The molecule has 7 heteroatoms. The molecule has 0 saturated heterocycles. The first-order valence-electron chi connectivity index (χ1n) is 7.82. The number of aliphatic imine (C=N–C) groups is 1. The Kier molecular flexibility index (Phi) is 3.64. The second-order valence-electron chi connectivity index (χ2n) is 5.81. The number of hydrogen-bond acceptors (Lipinski definition) is 4. The number of ether oxygens (including phenoxy) is 1. The molecule has 2 heterocycles. The van der Waals surface area contributed by atoms with E-state index in [1.165, 1.54) is 6.07 Å². The van der Waals surface area contributed by atoms with Crippen molar-refractivity contribution in [1.29, 1.82) is 0 Å². The summed E-state index contributed by atoms with van der Waals surface area (Å²) in [6, 6.07) is 10.1. The number of aryl methyl sites for hydroxylation is 1. The number of hydrogen-bond donors (Lipinski definition) is 0. The summed E-state index contributed by atoms with van der Waals surface area (Å²) < 4.78 is 33.7. The average Bonchev–Trinajstić information content (AvgIpc) is 3.11. The predicted molar refractivity (Wildman–Crippen MR) is 92.1 cm³/mol. The summed E-state index contributed by atoms with van der Waals surface area (Å²) in [6.07, 6.45) is 0. The van der Waals surface area contributed by atoms with Crippen LogP contribution in [0.15, 0.2) is 47.5 Å². The van der Waals surface area contributed by atoms with Crippen molar-refractivity contribution in [3.63, 3.8) is 0 Å². The van der Waals surface area contributed by atoms with Crippen molar-refractivity contribution in [3.05, 3.63) is 65.4 Å². The average molecular weight is 353 g/mol. The first-order chi connectivity index (χ1) is 12.5. The summed E-state index contributed by atoms with van der Waals surface area (Å²) in [4.78, 5) is 17.1. The van der Waals surface area contributed by atoms with Crippen molar-refractivity contribution < 1.29 is 18.3 Å². The number of halogens is 2. The van der Waals surface area contributed by atoms with Gasteiger partial charge in [-0.2, -0.15) is 9.78 Å². The number of carbonyl (C=O) groups excluding carboxylic acids is 1. The van der Waals surface area contributed by atoms with E-state index >= 15 is 0 Å². The van der Waals surface area contributed by atoms with Gasteiger partial charge in [-0.25, -0.2) is 13.8 Å². The van der Waals surface area contributed by atoms with Gasteiger partial charge in [0.15, 0.2) is 5.82 Å². The van der Waals surface area contributed by atoms with Gasteiger partial charge in [-0.1, -0.05) is 0 Å². The minimum atomic E-state index is -0.732. The molecule has 0 unspecified atom stereocenters. The number of nitrogens with zero attached hydrogens (tertiary/aromatic N) is 3. The van der Waals surface area contributed by atoms with Crippen LogP contribution in [0.3, 0.4) is 0 Å². The first-order valence-corrected chi connectivity index (χ1v) is 7.82. The molecule has 0 atom stereocenters. The Labute approximate surface area is 147 Å². The van der Waals surface area contributed by atoms with Crippen LogP contribution in [-0.2, 0) is 0 Å². The molecule has 0 saturated carbocycles. The molecule has 1 aromatic heterocycles. The lowest BCUT2D eigenvalue weighted by Crippen LogP contribution is -2.18. The van der Waals surface area contributed by atoms with Crippen LogP contribution in [0.1, 0.15) is 16.1 Å². The lowest BCUT2D eigenvalue weighted by atomic mass is 10.1. The molecule has 0 aliphatic carbocycles. The normalized spacial score (nSPS) is 12.9. The molecule has 1 aliphatic rings. The van der Waals surface area contributed by atoms with E-state index in [4.69, 9.17) is 4.74 Å². The highest BCUT2D eigenvalue weighted by molar-refractivity contribution is 6.48. The highest BCUT2D eigenvalue weighted by atomic mass is 19.1. The van der Waals surface area contributed by atoms with E-state index in [-0.39, 0.29) is 17.1 Å². The minimum absolute atomic E-state index is 0.151. The van der Waals surface area contributed by atoms with Crippen LogP contribution >= 0.6 is 0 Å². The number of aromatic nitrogens is 2. The largest absolute Gasteiger partial charge is 0.497 e. The second-order valence-corrected chi connectivity index (χ2v) is 5.81. The first kappa shape index (κ1) is 16.1. The van der Waals surface area contributed by atoms with Gasteiger partial charge in [0.2, 0.25) is 0 Å². The van der Waals surface area contributed by atoms with Crippen molar-refractivity contribution in [2.75, 3.05) is 7.11 Å². The topological polar surface area (TPSA) is 56.5 Å². The zero-order valence-corrected chi connectivity index (χ0v) is 14.0. The predicted octanol–water partition coefficient (Wildman–Crippen LogP) is 3.92. The molecule has 0 fully saturated rings. The van der Waals surface area contributed by atoms with Crippen molar-refractivity contribution >= 4 is 17.4 Å². The van der Waals surface area contributed by atoms with Gasteiger partial charge in [-0.05, 0) is 43.3 Å². The smallest absolute Gasteiger partial charge is 0.299 e. The molecule has 3 aromatic rings. The highest BCUT2D eigenvalue weighted by Crippen LogP contribution is 2.38. The molecule has 5 nitrogen and oxygen atoms in total. The zero-order chi connectivity index (χ0) is 18.4. The third-order valence-corrected chi connectivity index (χ3v) is 4.21. The maximum Gasteiger partial charge on any atom is 0.299 e. The monoisotopic (exact) mass is 353 g/mol. The summed E-state index contributed by atoms with van der Waals surface area (Å²) >= 11 is 0. The number of fused-ring (bicyclic) bond motifs is 1. The second kappa shape index (κ2) is 5.87. The Bertz CT molecular complexity index is 1070. The van der Waals surface area contributed by atoms with Gasteiger partial charge in [0, 0.05) is 17.2 Å². The van der Waals surface area contributed by atoms with Crippen LogP contribution in [-0.4, -0.2) is 28.5 Å². The third kappa shape index (κ3) is 2.40. The summed E-state index contributed by atoms with van der Waals surface area (Å²) in [5.74, 6) is -0.913. The Balaban J connectivity index is 1.85. The standard InChI is InChI=1S/C19H13F2N3O2/c1-10-16(14-8-5-12(20)9-15(14)21)18-22-17(19(25)24(18)23-10)11-3-6-13(26-2)7-4-11/h3-9H,1-2H3. The van der Waals surface area contributed by atoms with Crippen molar-refractivity contribution in [1.82, 2.24) is 9.78 Å². The molecule has 26 heavy (non-hydrogen) atoms. The van der Waals surface area contributed by atoms with Crippen LogP contribution in [0.25, 0.3) is 11.1 Å².